The Hall–Kier alpha value is -4.30. The van der Waals surface area contributed by atoms with Crippen molar-refractivity contribution in [3.63, 3.8) is 0 Å². The third-order valence-electron chi connectivity index (χ3n) is 15.3. The molecular weight excluding hydrogens is 677 g/mol. The number of hydrogen-bond donors (Lipinski definition) is 1. The SMILES string of the molecule is Cc1cc(Nc2cc3c(cc2-c2ccccc2)C(C)(C)CCC3(C)C)cc(N(c2ccc3c(c2)C(C)(C)CCC3(C)C)c2ccc3c(c2)C2(C)CCC3(C)C2)c1. The fraction of sp³-hybridized carbons (Fsp3) is 0.444. The standard InChI is InChI=1S/C54H64N2/c1-35-27-37(55-48-33-46-45(51(6,7)23-24-52(46,8)9)32-41(48)36-15-13-12-14-16-36)29-40(28-35)56(38-17-19-42-44(30-38)50(4,5)22-21-49(42,2)3)39-18-20-43-47(31-39)54(11)26-25-53(43,10)34-54/h12-20,27-33,55H,21-26,34H2,1-11H3. The van der Waals surface area contributed by atoms with Crippen LogP contribution in [0, 0.1) is 6.92 Å². The molecule has 0 aliphatic heterocycles. The molecule has 9 rings (SSSR count). The first-order chi connectivity index (χ1) is 26.3. The summed E-state index contributed by atoms with van der Waals surface area (Å²) in [6.07, 6.45) is 8.64. The number of aryl methyl sites for hydroxylation is 1. The van der Waals surface area contributed by atoms with Crippen LogP contribution in [0.3, 0.4) is 0 Å². The van der Waals surface area contributed by atoms with Crippen LogP contribution in [0.5, 0.6) is 0 Å². The fourth-order valence-electron chi connectivity index (χ4n) is 11.6. The van der Waals surface area contributed by atoms with Gasteiger partial charge in [-0.25, -0.2) is 0 Å². The third kappa shape index (κ3) is 5.95. The number of benzene rings is 5. The maximum Gasteiger partial charge on any atom is 0.0484 e. The average Bonchev–Trinajstić information content (AvgIpc) is 3.59. The highest BCUT2D eigenvalue weighted by Gasteiger charge is 2.53. The monoisotopic (exact) mass is 741 g/mol. The molecule has 2 bridgehead atoms. The summed E-state index contributed by atoms with van der Waals surface area (Å²) >= 11 is 0. The molecule has 0 aromatic heterocycles. The molecular formula is C54H64N2. The van der Waals surface area contributed by atoms with Crippen molar-refractivity contribution in [2.75, 3.05) is 10.2 Å². The van der Waals surface area contributed by atoms with Crippen LogP contribution in [0.15, 0.2) is 97.1 Å². The van der Waals surface area contributed by atoms with Gasteiger partial charge in [-0.2, -0.15) is 0 Å². The Kier molecular flexibility index (Phi) is 8.22. The first-order valence-electron chi connectivity index (χ1n) is 21.5. The minimum atomic E-state index is 0.112. The molecule has 2 heteroatoms. The normalized spacial score (nSPS) is 24.6. The van der Waals surface area contributed by atoms with Gasteiger partial charge in [0, 0.05) is 34.0 Å². The minimum absolute atomic E-state index is 0.112. The van der Waals surface area contributed by atoms with Crippen molar-refractivity contribution in [1.82, 2.24) is 0 Å². The van der Waals surface area contributed by atoms with Gasteiger partial charge in [0.25, 0.3) is 0 Å². The van der Waals surface area contributed by atoms with Gasteiger partial charge in [-0.15, -0.1) is 0 Å². The number of rotatable bonds is 6. The van der Waals surface area contributed by atoms with Gasteiger partial charge in [0.2, 0.25) is 0 Å². The van der Waals surface area contributed by atoms with E-state index >= 15 is 0 Å². The van der Waals surface area contributed by atoms with Crippen molar-refractivity contribution in [2.24, 2.45) is 0 Å². The zero-order valence-corrected chi connectivity index (χ0v) is 36.1. The van der Waals surface area contributed by atoms with Gasteiger partial charge in [-0.3, -0.25) is 0 Å². The topological polar surface area (TPSA) is 15.3 Å². The zero-order valence-electron chi connectivity index (χ0n) is 36.1. The number of nitrogens with one attached hydrogen (secondary N) is 1. The molecule has 2 atom stereocenters. The molecule has 290 valence electrons. The predicted octanol–water partition coefficient (Wildman–Crippen LogP) is 15.3. The van der Waals surface area contributed by atoms with E-state index in [1.165, 1.54) is 107 Å². The molecule has 0 radical (unpaired) electrons. The number of fused-ring (bicyclic) bond motifs is 7. The van der Waals surface area contributed by atoms with Crippen molar-refractivity contribution < 1.29 is 0 Å². The largest absolute Gasteiger partial charge is 0.355 e. The summed E-state index contributed by atoms with van der Waals surface area (Å²) in [5, 5.41) is 4.05. The molecule has 0 amide bonds. The van der Waals surface area contributed by atoms with Crippen molar-refractivity contribution in [2.45, 2.75) is 154 Å². The van der Waals surface area contributed by atoms with E-state index < -0.39 is 0 Å². The van der Waals surface area contributed by atoms with Gasteiger partial charge in [0.15, 0.2) is 0 Å². The van der Waals surface area contributed by atoms with Crippen LogP contribution in [-0.2, 0) is 32.5 Å². The molecule has 0 spiro atoms. The zero-order chi connectivity index (χ0) is 39.6. The number of nitrogens with zero attached hydrogens (tertiary/aromatic N) is 1. The maximum atomic E-state index is 4.05. The molecule has 4 aliphatic carbocycles. The minimum Gasteiger partial charge on any atom is -0.355 e. The molecule has 2 unspecified atom stereocenters. The Morgan fingerprint density at radius 3 is 1.59 bits per heavy atom. The van der Waals surface area contributed by atoms with Crippen molar-refractivity contribution in [3.05, 3.63) is 136 Å². The summed E-state index contributed by atoms with van der Waals surface area (Å²) < 4.78 is 0. The van der Waals surface area contributed by atoms with Crippen molar-refractivity contribution >= 4 is 28.4 Å². The highest BCUT2D eigenvalue weighted by molar-refractivity contribution is 5.86. The first kappa shape index (κ1) is 37.3. The summed E-state index contributed by atoms with van der Waals surface area (Å²) in [5.74, 6) is 0. The second-order valence-electron chi connectivity index (χ2n) is 21.6. The van der Waals surface area contributed by atoms with E-state index in [1.54, 1.807) is 11.1 Å². The Balaban J connectivity index is 1.21. The summed E-state index contributed by atoms with van der Waals surface area (Å²) in [4.78, 5) is 2.56. The van der Waals surface area contributed by atoms with E-state index in [0.29, 0.717) is 5.41 Å². The van der Waals surface area contributed by atoms with E-state index in [1.807, 2.05) is 0 Å². The van der Waals surface area contributed by atoms with E-state index in [9.17, 15) is 0 Å². The summed E-state index contributed by atoms with van der Waals surface area (Å²) in [6, 6.07) is 37.9. The Labute approximate surface area is 338 Å². The van der Waals surface area contributed by atoms with Crippen LogP contribution in [0.1, 0.15) is 153 Å². The number of hydrogen-bond acceptors (Lipinski definition) is 2. The van der Waals surface area contributed by atoms with E-state index in [2.05, 4.69) is 183 Å². The predicted molar refractivity (Wildman–Crippen MR) is 240 cm³/mol. The Bertz CT molecular complexity index is 2370. The smallest absolute Gasteiger partial charge is 0.0484 e. The van der Waals surface area contributed by atoms with Gasteiger partial charge >= 0.3 is 0 Å². The van der Waals surface area contributed by atoms with E-state index in [4.69, 9.17) is 0 Å². The molecule has 0 heterocycles. The highest BCUT2D eigenvalue weighted by atomic mass is 15.1. The molecule has 1 saturated carbocycles. The summed E-state index contributed by atoms with van der Waals surface area (Å²) in [5.41, 5.74) is 19.9. The molecule has 0 saturated heterocycles. The fourth-order valence-corrected chi connectivity index (χ4v) is 11.6. The summed E-state index contributed by atoms with van der Waals surface area (Å²) in [7, 11) is 0. The third-order valence-corrected chi connectivity index (χ3v) is 15.3. The Morgan fingerprint density at radius 1 is 0.446 bits per heavy atom. The van der Waals surface area contributed by atoms with Crippen LogP contribution >= 0.6 is 0 Å². The average molecular weight is 741 g/mol. The lowest BCUT2D eigenvalue weighted by atomic mass is 9.62. The first-order valence-corrected chi connectivity index (χ1v) is 21.5. The van der Waals surface area contributed by atoms with Crippen LogP contribution < -0.4 is 10.2 Å². The molecule has 1 fully saturated rings. The molecule has 56 heavy (non-hydrogen) atoms. The van der Waals surface area contributed by atoms with Gasteiger partial charge in [0.05, 0.1) is 0 Å². The van der Waals surface area contributed by atoms with Gasteiger partial charge in [-0.1, -0.05) is 112 Å². The van der Waals surface area contributed by atoms with Gasteiger partial charge in [0.1, 0.15) is 0 Å². The van der Waals surface area contributed by atoms with E-state index in [0.717, 1.165) is 5.69 Å². The quantitative estimate of drug-likeness (QED) is 0.186. The van der Waals surface area contributed by atoms with Gasteiger partial charge in [-0.05, 0) is 183 Å². The molecule has 5 aromatic carbocycles. The summed E-state index contributed by atoms with van der Waals surface area (Å²) in [6.45, 7) is 26.7. The number of anilines is 5. The Morgan fingerprint density at radius 2 is 0.964 bits per heavy atom. The van der Waals surface area contributed by atoms with Crippen molar-refractivity contribution in [1.29, 1.82) is 0 Å². The van der Waals surface area contributed by atoms with Gasteiger partial charge < -0.3 is 10.2 Å². The lowest BCUT2D eigenvalue weighted by Gasteiger charge is -2.42. The molecule has 2 nitrogen and oxygen atoms in total. The van der Waals surface area contributed by atoms with Crippen molar-refractivity contribution in [3.8, 4) is 11.1 Å². The van der Waals surface area contributed by atoms with Crippen LogP contribution in [0.4, 0.5) is 28.4 Å². The second-order valence-corrected chi connectivity index (χ2v) is 21.6. The maximum absolute atomic E-state index is 4.05. The van der Waals surface area contributed by atoms with Crippen LogP contribution in [-0.4, -0.2) is 0 Å². The van der Waals surface area contributed by atoms with E-state index in [-0.39, 0.29) is 27.1 Å². The van der Waals surface area contributed by atoms with Crippen LogP contribution in [0.25, 0.3) is 11.1 Å². The highest BCUT2D eigenvalue weighted by Crippen LogP contribution is 2.61. The molecule has 1 N–H and O–H groups in total. The lowest BCUT2D eigenvalue weighted by Crippen LogP contribution is -2.34. The van der Waals surface area contributed by atoms with Crippen LogP contribution in [0.2, 0.25) is 0 Å². The second kappa shape index (κ2) is 12.3. The lowest BCUT2D eigenvalue weighted by molar-refractivity contribution is 0.332. The molecule has 5 aromatic rings. The molecule has 4 aliphatic rings.